The summed E-state index contributed by atoms with van der Waals surface area (Å²) in [7, 11) is 1.24. The van der Waals surface area contributed by atoms with E-state index in [1.54, 1.807) is 30.3 Å². The summed E-state index contributed by atoms with van der Waals surface area (Å²) in [6, 6.07) is 13.9. The molecular formula is C16H12O5. The van der Waals surface area contributed by atoms with Crippen LogP contribution in [-0.4, -0.2) is 25.0 Å². The molecule has 0 saturated heterocycles. The van der Waals surface area contributed by atoms with Crippen LogP contribution < -0.4 is 0 Å². The average molecular weight is 284 g/mol. The number of carbonyl (C=O) groups is 3. The molecule has 0 amide bonds. The molecule has 0 atom stereocenters. The van der Waals surface area contributed by atoms with E-state index in [4.69, 9.17) is 4.74 Å². The molecule has 2 aromatic carbocycles. The first kappa shape index (κ1) is 14.5. The van der Waals surface area contributed by atoms with E-state index in [1.807, 2.05) is 0 Å². The number of rotatable bonds is 3. The molecule has 0 aliphatic carbocycles. The van der Waals surface area contributed by atoms with Crippen LogP contribution in [-0.2, 0) is 9.47 Å². The van der Waals surface area contributed by atoms with Crippen LogP contribution in [0.5, 0.6) is 0 Å². The number of esters is 3. The number of benzene rings is 2. The molecular weight excluding hydrogens is 272 g/mol. The molecule has 21 heavy (non-hydrogen) atoms. The average Bonchev–Trinajstić information content (AvgIpc) is 2.55. The number of hydrogen-bond acceptors (Lipinski definition) is 5. The van der Waals surface area contributed by atoms with E-state index in [2.05, 4.69) is 4.74 Å². The Balaban J connectivity index is 2.14. The minimum absolute atomic E-state index is 0.0992. The third-order valence-corrected chi connectivity index (χ3v) is 2.71. The topological polar surface area (TPSA) is 69.7 Å². The van der Waals surface area contributed by atoms with E-state index >= 15 is 0 Å². The number of methoxy groups -OCH3 is 1. The lowest BCUT2D eigenvalue weighted by molar-refractivity contribution is 0.0397. The first-order valence-corrected chi connectivity index (χ1v) is 6.12. The fourth-order valence-electron chi connectivity index (χ4n) is 1.67. The molecule has 0 fully saturated rings. The predicted molar refractivity (Wildman–Crippen MR) is 74.0 cm³/mol. The van der Waals surface area contributed by atoms with Crippen LogP contribution in [0.1, 0.15) is 31.1 Å². The van der Waals surface area contributed by atoms with Crippen molar-refractivity contribution >= 4 is 17.9 Å². The van der Waals surface area contributed by atoms with Crippen LogP contribution in [0.3, 0.4) is 0 Å². The second-order valence-electron chi connectivity index (χ2n) is 4.12. The van der Waals surface area contributed by atoms with Gasteiger partial charge in [0.1, 0.15) is 0 Å². The molecule has 0 unspecified atom stereocenters. The van der Waals surface area contributed by atoms with Gasteiger partial charge < -0.3 is 9.47 Å². The second-order valence-corrected chi connectivity index (χ2v) is 4.12. The third kappa shape index (κ3) is 3.54. The minimum atomic E-state index is -0.824. The SMILES string of the molecule is COC(=O)c1cccc(C(=O)OC(=O)c2ccccc2)c1. The van der Waals surface area contributed by atoms with Gasteiger partial charge >= 0.3 is 17.9 Å². The molecule has 0 bridgehead atoms. The molecule has 2 aromatic rings. The quantitative estimate of drug-likeness (QED) is 0.639. The van der Waals surface area contributed by atoms with Crippen LogP contribution in [0.4, 0.5) is 0 Å². The molecule has 0 N–H and O–H groups in total. The van der Waals surface area contributed by atoms with Gasteiger partial charge in [0.2, 0.25) is 0 Å². The lowest BCUT2D eigenvalue weighted by Gasteiger charge is -2.04. The summed E-state index contributed by atoms with van der Waals surface area (Å²) in [5.41, 5.74) is 0.580. The summed E-state index contributed by atoms with van der Waals surface area (Å²) in [6.07, 6.45) is 0. The molecule has 0 spiro atoms. The van der Waals surface area contributed by atoms with Crippen molar-refractivity contribution < 1.29 is 23.9 Å². The molecule has 0 saturated carbocycles. The Morgan fingerprint density at radius 1 is 0.714 bits per heavy atom. The Bertz CT molecular complexity index is 676. The van der Waals surface area contributed by atoms with Gasteiger partial charge in [-0.05, 0) is 30.3 Å². The molecule has 2 rings (SSSR count). The summed E-state index contributed by atoms with van der Waals surface area (Å²) in [6.45, 7) is 0. The first-order valence-electron chi connectivity index (χ1n) is 6.12. The zero-order valence-electron chi connectivity index (χ0n) is 11.2. The van der Waals surface area contributed by atoms with E-state index < -0.39 is 17.9 Å². The second kappa shape index (κ2) is 6.47. The maximum atomic E-state index is 11.9. The van der Waals surface area contributed by atoms with Crippen molar-refractivity contribution in [3.63, 3.8) is 0 Å². The van der Waals surface area contributed by atoms with Gasteiger partial charge in [0, 0.05) is 0 Å². The normalized spacial score (nSPS) is 9.76. The van der Waals surface area contributed by atoms with Crippen molar-refractivity contribution in [2.75, 3.05) is 7.11 Å². The Kier molecular flexibility index (Phi) is 4.46. The highest BCUT2D eigenvalue weighted by molar-refractivity contribution is 6.03. The molecule has 5 heteroatoms. The summed E-state index contributed by atoms with van der Waals surface area (Å²) in [5.74, 6) is -2.14. The third-order valence-electron chi connectivity index (χ3n) is 2.71. The fraction of sp³-hybridized carbons (Fsp3) is 0.0625. The Labute approximate surface area is 121 Å². The molecule has 5 nitrogen and oxygen atoms in total. The Morgan fingerprint density at radius 3 is 1.86 bits per heavy atom. The number of carbonyl (C=O) groups excluding carboxylic acids is 3. The summed E-state index contributed by atoms with van der Waals surface area (Å²) in [5, 5.41) is 0. The van der Waals surface area contributed by atoms with Gasteiger partial charge in [0.25, 0.3) is 0 Å². The smallest absolute Gasteiger partial charge is 0.346 e. The number of hydrogen-bond donors (Lipinski definition) is 0. The van der Waals surface area contributed by atoms with Crippen molar-refractivity contribution in [3.05, 3.63) is 71.3 Å². The van der Waals surface area contributed by atoms with Crippen LogP contribution in [0, 0.1) is 0 Å². The highest BCUT2D eigenvalue weighted by Gasteiger charge is 2.16. The van der Waals surface area contributed by atoms with E-state index in [9.17, 15) is 14.4 Å². The van der Waals surface area contributed by atoms with Gasteiger partial charge in [0.05, 0.1) is 23.8 Å². The molecule has 0 aliphatic heterocycles. The zero-order chi connectivity index (χ0) is 15.2. The van der Waals surface area contributed by atoms with Crippen LogP contribution >= 0.6 is 0 Å². The van der Waals surface area contributed by atoms with Gasteiger partial charge in [-0.25, -0.2) is 14.4 Å². The van der Waals surface area contributed by atoms with Crippen molar-refractivity contribution in [3.8, 4) is 0 Å². The summed E-state index contributed by atoms with van der Waals surface area (Å²) < 4.78 is 9.32. The fourth-order valence-corrected chi connectivity index (χ4v) is 1.67. The van der Waals surface area contributed by atoms with E-state index in [0.29, 0.717) is 0 Å². The largest absolute Gasteiger partial charge is 0.465 e. The van der Waals surface area contributed by atoms with Gasteiger partial charge in [-0.2, -0.15) is 0 Å². The molecule has 106 valence electrons. The monoisotopic (exact) mass is 284 g/mol. The summed E-state index contributed by atoms with van der Waals surface area (Å²) in [4.78, 5) is 35.1. The van der Waals surface area contributed by atoms with Crippen molar-refractivity contribution in [2.45, 2.75) is 0 Å². The van der Waals surface area contributed by atoms with Crippen LogP contribution in [0.2, 0.25) is 0 Å². The lowest BCUT2D eigenvalue weighted by Crippen LogP contribution is -2.13. The van der Waals surface area contributed by atoms with Gasteiger partial charge in [-0.3, -0.25) is 0 Å². The Morgan fingerprint density at radius 2 is 1.24 bits per heavy atom. The number of ether oxygens (including phenoxy) is 2. The molecule has 0 aliphatic rings. The highest BCUT2D eigenvalue weighted by atomic mass is 16.6. The van der Waals surface area contributed by atoms with Crippen molar-refractivity contribution in [1.82, 2.24) is 0 Å². The van der Waals surface area contributed by atoms with E-state index in [-0.39, 0.29) is 16.7 Å². The first-order chi connectivity index (χ1) is 10.1. The lowest BCUT2D eigenvalue weighted by atomic mass is 10.1. The minimum Gasteiger partial charge on any atom is -0.465 e. The van der Waals surface area contributed by atoms with Gasteiger partial charge in [0.15, 0.2) is 0 Å². The maximum absolute atomic E-state index is 11.9. The summed E-state index contributed by atoms with van der Waals surface area (Å²) >= 11 is 0. The Hall–Kier alpha value is -2.95. The molecule has 0 radical (unpaired) electrons. The standard InChI is InChI=1S/C16H12O5/c1-20-14(17)12-8-5-9-13(10-12)16(19)21-15(18)11-6-3-2-4-7-11/h2-10H,1H3. The van der Waals surface area contributed by atoms with Gasteiger partial charge in [-0.15, -0.1) is 0 Å². The molecule has 0 aromatic heterocycles. The van der Waals surface area contributed by atoms with E-state index in [0.717, 1.165) is 0 Å². The zero-order valence-corrected chi connectivity index (χ0v) is 11.2. The highest BCUT2D eigenvalue weighted by Crippen LogP contribution is 2.10. The van der Waals surface area contributed by atoms with E-state index in [1.165, 1.54) is 31.4 Å². The predicted octanol–water partition coefficient (Wildman–Crippen LogP) is 2.47. The van der Waals surface area contributed by atoms with Crippen LogP contribution in [0.25, 0.3) is 0 Å². The van der Waals surface area contributed by atoms with Crippen molar-refractivity contribution in [1.29, 1.82) is 0 Å². The van der Waals surface area contributed by atoms with Gasteiger partial charge in [-0.1, -0.05) is 24.3 Å². The van der Waals surface area contributed by atoms with Crippen molar-refractivity contribution in [2.24, 2.45) is 0 Å². The molecule has 0 heterocycles. The maximum Gasteiger partial charge on any atom is 0.346 e. The van der Waals surface area contributed by atoms with Crippen LogP contribution in [0.15, 0.2) is 54.6 Å².